The monoisotopic (exact) mass is 369 g/mol. The quantitative estimate of drug-likeness (QED) is 0.658. The van der Waals surface area contributed by atoms with E-state index < -0.39 is 71.9 Å². The van der Waals surface area contributed by atoms with E-state index in [2.05, 4.69) is 4.98 Å². The molecule has 0 saturated heterocycles. The minimum Gasteiger partial charge on any atom is -0.345 e. The minimum absolute atomic E-state index is 0.490. The normalized spacial score (nSPS) is 18.1. The van der Waals surface area contributed by atoms with Crippen LogP contribution in [0.5, 0.6) is 0 Å². The molecular weight excluding hydrogens is 356 g/mol. The number of hydrogen-bond donors (Lipinski definition) is 1. The maximum atomic E-state index is 14.0. The van der Waals surface area contributed by atoms with Crippen molar-refractivity contribution in [3.63, 3.8) is 0 Å². The Kier molecular flexibility index (Phi) is 4.96. The number of aromatic nitrogens is 1. The van der Waals surface area contributed by atoms with E-state index in [9.17, 15) is 35.9 Å². The Morgan fingerprint density at radius 1 is 1.24 bits per heavy atom. The van der Waals surface area contributed by atoms with E-state index in [1.54, 1.807) is 5.32 Å². The van der Waals surface area contributed by atoms with E-state index in [0.717, 1.165) is 13.8 Å². The van der Waals surface area contributed by atoms with Crippen LogP contribution in [0.4, 0.5) is 32.0 Å². The molecule has 1 aliphatic rings. The highest BCUT2D eigenvalue weighted by Gasteiger charge is 2.46. The van der Waals surface area contributed by atoms with Gasteiger partial charge in [0.25, 0.3) is 5.95 Å². The van der Waals surface area contributed by atoms with Gasteiger partial charge in [0.15, 0.2) is 0 Å². The fraction of sp³-hybridized carbons (Fsp3) is 0.500. The van der Waals surface area contributed by atoms with Crippen molar-refractivity contribution in [2.75, 3.05) is 11.4 Å². The summed E-state index contributed by atoms with van der Waals surface area (Å²) in [6.45, 7) is 1.37. The molecule has 2 heterocycles. The lowest BCUT2D eigenvalue weighted by Crippen LogP contribution is -2.45. The van der Waals surface area contributed by atoms with Crippen molar-refractivity contribution in [1.82, 2.24) is 10.3 Å². The van der Waals surface area contributed by atoms with Crippen molar-refractivity contribution in [2.45, 2.75) is 38.4 Å². The topological polar surface area (TPSA) is 62.3 Å². The zero-order valence-corrected chi connectivity index (χ0v) is 13.0. The van der Waals surface area contributed by atoms with E-state index in [-0.39, 0.29) is 0 Å². The molecule has 138 valence electrons. The third-order valence-corrected chi connectivity index (χ3v) is 3.82. The Labute approximate surface area is 138 Å². The van der Waals surface area contributed by atoms with Gasteiger partial charge in [-0.15, -0.1) is 0 Å². The number of carbonyl (C=O) groups excluding carboxylic acids is 2. The molecule has 0 fully saturated rings. The average Bonchev–Trinajstić information content (AvgIpc) is 2.83. The molecule has 1 N–H and O–H groups in total. The second-order valence-electron chi connectivity index (χ2n) is 5.63. The molecule has 1 aromatic heterocycles. The summed E-state index contributed by atoms with van der Waals surface area (Å²) < 4.78 is 80.5. The minimum atomic E-state index is -4.85. The van der Waals surface area contributed by atoms with Gasteiger partial charge in [-0.1, -0.05) is 0 Å². The van der Waals surface area contributed by atoms with Gasteiger partial charge in [-0.05, 0) is 6.42 Å². The summed E-state index contributed by atoms with van der Waals surface area (Å²) in [5.74, 6) is -7.98. The highest BCUT2D eigenvalue weighted by Crippen LogP contribution is 2.43. The van der Waals surface area contributed by atoms with Crippen LogP contribution in [0, 0.1) is 17.7 Å². The number of hydrogen-bond acceptors (Lipinski definition) is 3. The summed E-state index contributed by atoms with van der Waals surface area (Å²) in [6, 6.07) is -2.35. The number of rotatable bonds is 3. The third kappa shape index (κ3) is 3.69. The number of halogens is 6. The van der Waals surface area contributed by atoms with Gasteiger partial charge < -0.3 is 10.2 Å². The van der Waals surface area contributed by atoms with Crippen LogP contribution in [0.1, 0.15) is 31.7 Å². The van der Waals surface area contributed by atoms with Crippen LogP contribution in [-0.4, -0.2) is 35.6 Å². The van der Waals surface area contributed by atoms with E-state index >= 15 is 0 Å². The Bertz CT molecular complexity index is 721. The van der Waals surface area contributed by atoms with Crippen LogP contribution in [0.2, 0.25) is 0 Å². The first-order valence-corrected chi connectivity index (χ1v) is 7.09. The molecule has 2 amide bonds. The van der Waals surface area contributed by atoms with Gasteiger partial charge in [0.2, 0.25) is 23.6 Å². The fourth-order valence-electron chi connectivity index (χ4n) is 2.82. The summed E-state index contributed by atoms with van der Waals surface area (Å²) in [4.78, 5) is 25.9. The molecule has 1 aromatic rings. The molecule has 0 spiro atoms. The zero-order valence-electron chi connectivity index (χ0n) is 13.0. The molecule has 25 heavy (non-hydrogen) atoms. The Hall–Kier alpha value is -2.33. The summed E-state index contributed by atoms with van der Waals surface area (Å²) in [5.41, 5.74) is -1.38. The molecule has 0 radical (unpaired) electrons. The highest BCUT2D eigenvalue weighted by atomic mass is 19.4. The van der Waals surface area contributed by atoms with Crippen LogP contribution >= 0.6 is 0 Å². The maximum absolute atomic E-state index is 14.0. The van der Waals surface area contributed by atoms with Crippen molar-refractivity contribution in [2.24, 2.45) is 0 Å². The predicted octanol–water partition coefficient (Wildman–Crippen LogP) is 2.41. The Morgan fingerprint density at radius 2 is 1.84 bits per heavy atom. The molecule has 2 atom stereocenters. The number of pyridine rings is 1. The first-order valence-electron chi connectivity index (χ1n) is 7.09. The van der Waals surface area contributed by atoms with Crippen molar-refractivity contribution < 1.29 is 35.9 Å². The molecule has 0 aliphatic carbocycles. The molecule has 1 aliphatic heterocycles. The number of carbonyl (C=O) groups is 2. The number of anilines is 1. The van der Waals surface area contributed by atoms with E-state index in [1.807, 2.05) is 0 Å². The zero-order chi connectivity index (χ0) is 19.1. The van der Waals surface area contributed by atoms with Gasteiger partial charge in [-0.25, -0.2) is 0 Å². The smallest absolute Gasteiger partial charge is 0.345 e. The van der Waals surface area contributed by atoms with Gasteiger partial charge in [0.05, 0.1) is 5.69 Å². The lowest BCUT2D eigenvalue weighted by molar-refractivity contribution is -0.163. The number of fused-ring (bicyclic) bond motifs is 1. The number of amides is 2. The van der Waals surface area contributed by atoms with Gasteiger partial charge in [-0.3, -0.25) is 9.59 Å². The first-order chi connectivity index (χ1) is 11.4. The molecule has 2 unspecified atom stereocenters. The van der Waals surface area contributed by atoms with Crippen molar-refractivity contribution >= 4 is 17.5 Å². The second kappa shape index (κ2) is 6.52. The number of nitrogens with one attached hydrogen (secondary N) is 1. The maximum Gasteiger partial charge on any atom is 0.408 e. The lowest BCUT2D eigenvalue weighted by Gasteiger charge is -2.24. The third-order valence-electron chi connectivity index (χ3n) is 3.82. The predicted molar refractivity (Wildman–Crippen MR) is 73.2 cm³/mol. The molecule has 0 aromatic carbocycles. The van der Waals surface area contributed by atoms with Gasteiger partial charge in [0.1, 0.15) is 6.04 Å². The number of nitrogens with zero attached hydrogens (tertiary/aromatic N) is 2. The fourth-order valence-corrected chi connectivity index (χ4v) is 2.82. The highest BCUT2D eigenvalue weighted by molar-refractivity contribution is 5.94. The summed E-state index contributed by atoms with van der Waals surface area (Å²) >= 11 is 0. The summed E-state index contributed by atoms with van der Waals surface area (Å²) in [7, 11) is 0. The Morgan fingerprint density at radius 3 is 2.32 bits per heavy atom. The second-order valence-corrected chi connectivity index (χ2v) is 5.63. The number of alkyl halides is 3. The van der Waals surface area contributed by atoms with Gasteiger partial charge >= 0.3 is 6.18 Å². The average molecular weight is 369 g/mol. The van der Waals surface area contributed by atoms with Crippen LogP contribution in [-0.2, 0) is 9.59 Å². The summed E-state index contributed by atoms with van der Waals surface area (Å²) in [6.07, 6.45) is -5.71. The molecule has 2 rings (SSSR count). The molecular formula is C14H13F6N3O2. The van der Waals surface area contributed by atoms with Crippen molar-refractivity contribution in [3.05, 3.63) is 23.3 Å². The van der Waals surface area contributed by atoms with Gasteiger partial charge in [0, 0.05) is 31.9 Å². The SMILES string of the molecule is CC(=O)NC(CC1CN(C(C)=O)c2c(F)c(F)nc(F)c21)C(F)(F)F. The van der Waals surface area contributed by atoms with Crippen molar-refractivity contribution in [3.8, 4) is 0 Å². The summed E-state index contributed by atoms with van der Waals surface area (Å²) in [5, 5.41) is 1.69. The Balaban J connectivity index is 2.47. The van der Waals surface area contributed by atoms with E-state index in [4.69, 9.17) is 0 Å². The van der Waals surface area contributed by atoms with Gasteiger partial charge in [-0.2, -0.15) is 31.3 Å². The van der Waals surface area contributed by atoms with Crippen LogP contribution in [0.15, 0.2) is 0 Å². The first kappa shape index (κ1) is 19.0. The standard InChI is InChI=1S/C14H13F6N3O2/c1-5(24)21-8(14(18,19)20)3-7-4-23(6(2)25)11-9(7)12(16)22-13(17)10(11)15/h7-8H,3-4H2,1-2H3,(H,21,24). The van der Waals surface area contributed by atoms with E-state index in [1.165, 1.54) is 0 Å². The molecule has 0 bridgehead atoms. The van der Waals surface area contributed by atoms with E-state index in [0.29, 0.717) is 4.90 Å². The van der Waals surface area contributed by atoms with Crippen molar-refractivity contribution in [1.29, 1.82) is 0 Å². The van der Waals surface area contributed by atoms with Crippen LogP contribution in [0.3, 0.4) is 0 Å². The molecule has 0 saturated carbocycles. The van der Waals surface area contributed by atoms with Crippen LogP contribution < -0.4 is 10.2 Å². The molecule has 5 nitrogen and oxygen atoms in total. The molecule has 11 heteroatoms. The van der Waals surface area contributed by atoms with Crippen LogP contribution in [0.25, 0.3) is 0 Å². The lowest BCUT2D eigenvalue weighted by atomic mass is 9.94. The largest absolute Gasteiger partial charge is 0.408 e.